The van der Waals surface area contributed by atoms with Crippen LogP contribution in [0.25, 0.3) is 11.3 Å². The fourth-order valence-electron chi connectivity index (χ4n) is 5.20. The molecule has 0 spiro atoms. The Balaban J connectivity index is 1.19. The maximum absolute atomic E-state index is 12.2. The van der Waals surface area contributed by atoms with E-state index in [-0.39, 0.29) is 37.4 Å². The van der Waals surface area contributed by atoms with Crippen molar-refractivity contribution in [3.8, 4) is 17.3 Å². The minimum atomic E-state index is -3.32. The zero-order valence-electron chi connectivity index (χ0n) is 23.7. The molecule has 4 heterocycles. The zero-order chi connectivity index (χ0) is 29.7. The lowest BCUT2D eigenvalue weighted by Gasteiger charge is -2.47. The summed E-state index contributed by atoms with van der Waals surface area (Å²) in [5, 5.41) is 20.6. The number of sulfonamides is 1. The van der Waals surface area contributed by atoms with Crippen molar-refractivity contribution in [3.05, 3.63) is 48.9 Å². The number of hydrogen-bond acceptors (Lipinski definition) is 10. The number of rotatable bonds is 10. The largest absolute Gasteiger partial charge is 0.450 e. The van der Waals surface area contributed by atoms with E-state index in [2.05, 4.69) is 31.8 Å². The summed E-state index contributed by atoms with van der Waals surface area (Å²) < 4.78 is 32.7. The van der Waals surface area contributed by atoms with Crippen LogP contribution in [0, 0.1) is 11.3 Å². The predicted molar refractivity (Wildman–Crippen MR) is 157 cm³/mol. The highest BCUT2D eigenvalue weighted by atomic mass is 32.2. The average molecular weight is 594 g/mol. The zero-order valence-corrected chi connectivity index (χ0v) is 24.5. The van der Waals surface area contributed by atoms with E-state index in [4.69, 9.17) is 4.74 Å². The highest BCUT2D eigenvalue weighted by Gasteiger charge is 2.49. The third kappa shape index (κ3) is 6.32. The molecule has 14 heteroatoms. The van der Waals surface area contributed by atoms with Crippen molar-refractivity contribution >= 4 is 33.4 Å². The Hall–Kier alpha value is -4.22. The summed E-state index contributed by atoms with van der Waals surface area (Å²) in [7, 11) is -3.32. The quantitative estimate of drug-likeness (QED) is 0.357. The van der Waals surface area contributed by atoms with E-state index in [1.807, 2.05) is 31.2 Å². The van der Waals surface area contributed by atoms with Crippen molar-refractivity contribution in [1.82, 2.24) is 29.0 Å². The molecule has 1 aromatic carbocycles. The molecule has 0 bridgehead atoms. The van der Waals surface area contributed by atoms with Crippen LogP contribution in [0.1, 0.15) is 33.1 Å². The van der Waals surface area contributed by atoms with E-state index in [0.717, 1.165) is 29.8 Å². The summed E-state index contributed by atoms with van der Waals surface area (Å²) in [6.07, 6.45) is 6.73. The number of carbonyl (C=O) groups is 1. The summed E-state index contributed by atoms with van der Waals surface area (Å²) >= 11 is 0. The monoisotopic (exact) mass is 593 g/mol. The molecule has 222 valence electrons. The number of carbonyl (C=O) groups excluding carboxylic acids is 1. The highest BCUT2D eigenvalue weighted by molar-refractivity contribution is 7.89. The Morgan fingerprint density at radius 3 is 2.52 bits per heavy atom. The number of likely N-dealkylation sites (tertiary alicyclic amines) is 1. The van der Waals surface area contributed by atoms with Crippen LogP contribution in [0.5, 0.6) is 0 Å². The van der Waals surface area contributed by atoms with Gasteiger partial charge in [0.1, 0.15) is 5.54 Å². The first-order valence-corrected chi connectivity index (χ1v) is 15.6. The van der Waals surface area contributed by atoms with E-state index in [0.29, 0.717) is 31.3 Å². The topological polar surface area (TPSA) is 158 Å². The molecule has 0 radical (unpaired) electrons. The first-order valence-electron chi connectivity index (χ1n) is 14.0. The predicted octanol–water partition coefficient (Wildman–Crippen LogP) is 3.39. The van der Waals surface area contributed by atoms with E-state index >= 15 is 0 Å². The fraction of sp³-hybridized carbons (Fsp3) is 0.464. The van der Waals surface area contributed by atoms with Crippen LogP contribution in [0.2, 0.25) is 0 Å². The molecule has 2 N–H and O–H groups in total. The van der Waals surface area contributed by atoms with Crippen molar-refractivity contribution in [3.63, 3.8) is 0 Å². The molecule has 0 saturated carbocycles. The third-order valence-corrected chi connectivity index (χ3v) is 9.43. The van der Waals surface area contributed by atoms with Crippen LogP contribution < -0.4 is 10.6 Å². The number of ether oxygens (including phenoxy) is 1. The van der Waals surface area contributed by atoms with E-state index in [9.17, 15) is 18.5 Å². The summed E-state index contributed by atoms with van der Waals surface area (Å²) in [4.78, 5) is 22.6. The number of piperidine rings is 1. The molecule has 13 nitrogen and oxygen atoms in total. The maximum Gasteiger partial charge on any atom is 0.409 e. The number of amides is 1. The molecule has 2 fully saturated rings. The van der Waals surface area contributed by atoms with Gasteiger partial charge in [-0.25, -0.2) is 23.2 Å². The van der Waals surface area contributed by atoms with Crippen LogP contribution in [0.4, 0.5) is 22.1 Å². The first kappa shape index (κ1) is 29.3. The lowest BCUT2D eigenvalue weighted by atomic mass is 9.89. The first-order chi connectivity index (χ1) is 20.2. The second-order valence-corrected chi connectivity index (χ2v) is 12.7. The number of aromatic nitrogens is 4. The molecular formula is C28H35N9O4S. The van der Waals surface area contributed by atoms with Crippen LogP contribution in [0.3, 0.4) is 0 Å². The summed E-state index contributed by atoms with van der Waals surface area (Å²) in [5.74, 6) is 0.441. The van der Waals surface area contributed by atoms with E-state index in [1.165, 1.54) is 4.31 Å². The number of hydrogen-bond donors (Lipinski definition) is 2. The summed E-state index contributed by atoms with van der Waals surface area (Å²) in [5.41, 5.74) is 2.51. The molecule has 5 rings (SSSR count). The SMILES string of the molecule is CCOC(=O)N1CCC(Nc2ccc(Nc3nccc(-c4cnn(C5(CC#N)CN(S(=O)(=O)CC)C5)c4)n3)cc2)CC1. The molecule has 2 aliphatic rings. The van der Waals surface area contributed by atoms with Gasteiger partial charge in [0.15, 0.2) is 0 Å². The molecule has 0 unspecified atom stereocenters. The second kappa shape index (κ2) is 12.3. The van der Waals surface area contributed by atoms with Gasteiger partial charge in [-0.15, -0.1) is 0 Å². The fourth-order valence-corrected chi connectivity index (χ4v) is 6.44. The van der Waals surface area contributed by atoms with Gasteiger partial charge in [-0.2, -0.15) is 14.7 Å². The number of nitrogens with one attached hydrogen (secondary N) is 2. The van der Waals surface area contributed by atoms with Crippen LogP contribution in [-0.2, 0) is 20.3 Å². The van der Waals surface area contributed by atoms with Gasteiger partial charge in [-0.05, 0) is 57.0 Å². The Morgan fingerprint density at radius 1 is 1.14 bits per heavy atom. The lowest BCUT2D eigenvalue weighted by Crippen LogP contribution is -2.64. The maximum atomic E-state index is 12.2. The molecule has 2 aromatic heterocycles. The third-order valence-electron chi connectivity index (χ3n) is 7.66. The molecule has 1 amide bonds. The van der Waals surface area contributed by atoms with Gasteiger partial charge < -0.3 is 20.3 Å². The van der Waals surface area contributed by atoms with Crippen molar-refractivity contribution < 1.29 is 17.9 Å². The van der Waals surface area contributed by atoms with Crippen LogP contribution in [0.15, 0.2) is 48.9 Å². The van der Waals surface area contributed by atoms with Crippen molar-refractivity contribution in [1.29, 1.82) is 5.26 Å². The normalized spacial score (nSPS) is 17.2. The standard InChI is InChI=1S/C28H35N9O4S/c1-3-41-27(38)35-15-10-24(11-16-35)32-22-5-7-23(8-6-22)33-26-30-14-9-25(34-26)21-17-31-37(18-21)28(12-13-29)19-36(20-28)42(39,40)4-2/h5-9,14,17-18,24,32H,3-4,10-12,15-16,19-20H2,1-2H3,(H,30,33,34). The minimum absolute atomic E-state index is 0.0217. The second-order valence-electron chi connectivity index (χ2n) is 10.5. The molecule has 2 saturated heterocycles. The van der Waals surface area contributed by atoms with Crippen molar-refractivity contribution in [2.45, 2.75) is 44.7 Å². The van der Waals surface area contributed by atoms with Gasteiger partial charge in [-0.1, -0.05) is 0 Å². The minimum Gasteiger partial charge on any atom is -0.450 e. The molecular weight excluding hydrogens is 558 g/mol. The Bertz CT molecular complexity index is 1540. The Kier molecular flexibility index (Phi) is 8.60. The van der Waals surface area contributed by atoms with E-state index < -0.39 is 15.6 Å². The van der Waals surface area contributed by atoms with Gasteiger partial charge >= 0.3 is 6.09 Å². The summed E-state index contributed by atoms with van der Waals surface area (Å²) in [6.45, 7) is 5.57. The smallest absolute Gasteiger partial charge is 0.409 e. The van der Waals surface area contributed by atoms with Gasteiger partial charge in [0.2, 0.25) is 16.0 Å². The number of nitrogens with zero attached hydrogens (tertiary/aromatic N) is 7. The Labute approximate surface area is 245 Å². The highest BCUT2D eigenvalue weighted by Crippen LogP contribution is 2.35. The van der Waals surface area contributed by atoms with Gasteiger partial charge in [0.25, 0.3) is 0 Å². The van der Waals surface area contributed by atoms with Gasteiger partial charge in [0, 0.05) is 61.6 Å². The number of benzene rings is 1. The van der Waals surface area contributed by atoms with E-state index in [1.54, 1.807) is 41.2 Å². The lowest BCUT2D eigenvalue weighted by molar-refractivity contribution is 0.0719. The Morgan fingerprint density at radius 2 is 1.86 bits per heavy atom. The van der Waals surface area contributed by atoms with Gasteiger partial charge in [0.05, 0.1) is 36.7 Å². The number of anilines is 3. The van der Waals surface area contributed by atoms with Crippen molar-refractivity contribution in [2.24, 2.45) is 0 Å². The molecule has 42 heavy (non-hydrogen) atoms. The molecule has 2 aliphatic heterocycles. The molecule has 0 aliphatic carbocycles. The number of nitriles is 1. The van der Waals surface area contributed by atoms with Gasteiger partial charge in [-0.3, -0.25) is 4.68 Å². The molecule has 3 aromatic rings. The average Bonchev–Trinajstić information content (AvgIpc) is 3.47. The van der Waals surface area contributed by atoms with Crippen LogP contribution >= 0.6 is 0 Å². The van der Waals surface area contributed by atoms with Crippen LogP contribution in [-0.4, -0.2) is 88.0 Å². The van der Waals surface area contributed by atoms with Crippen molar-refractivity contribution in [2.75, 3.05) is 49.2 Å². The summed E-state index contributed by atoms with van der Waals surface area (Å²) in [6, 6.07) is 12.1. The molecule has 0 atom stereocenters.